The number of aromatic nitrogens is 3. The second-order valence-corrected chi connectivity index (χ2v) is 11.6. The van der Waals surface area contributed by atoms with Crippen LogP contribution in [0.25, 0.3) is 11.0 Å². The van der Waals surface area contributed by atoms with Gasteiger partial charge in [-0.1, -0.05) is 28.1 Å². The summed E-state index contributed by atoms with van der Waals surface area (Å²) in [6.07, 6.45) is 1.78. The van der Waals surface area contributed by atoms with Crippen molar-refractivity contribution in [2.24, 2.45) is 5.16 Å². The number of nitrogens with two attached hydrogens (primary N) is 1. The van der Waals surface area contributed by atoms with Gasteiger partial charge < -0.3 is 31.3 Å². The Labute approximate surface area is 243 Å². The van der Waals surface area contributed by atoms with E-state index in [-0.39, 0.29) is 33.2 Å². The highest BCUT2D eigenvalue weighted by atomic mass is 35.5. The zero-order valence-electron chi connectivity index (χ0n) is 20.9. The summed E-state index contributed by atoms with van der Waals surface area (Å²) < 4.78 is 2.70. The number of pyridine rings is 1. The van der Waals surface area contributed by atoms with E-state index in [0.29, 0.717) is 16.6 Å². The van der Waals surface area contributed by atoms with Crippen molar-refractivity contribution in [3.63, 3.8) is 0 Å². The highest BCUT2D eigenvalue weighted by molar-refractivity contribution is 8.00. The van der Waals surface area contributed by atoms with Crippen molar-refractivity contribution in [1.29, 1.82) is 0 Å². The van der Waals surface area contributed by atoms with Crippen LogP contribution in [-0.2, 0) is 30.6 Å². The van der Waals surface area contributed by atoms with E-state index in [9.17, 15) is 29.5 Å². The van der Waals surface area contributed by atoms with Gasteiger partial charge in [0, 0.05) is 23.5 Å². The Morgan fingerprint density at radius 3 is 2.78 bits per heavy atom. The molecule has 0 aliphatic carbocycles. The summed E-state index contributed by atoms with van der Waals surface area (Å²) in [6, 6.07) is 3.96. The molecule has 0 bridgehead atoms. The molecule has 0 spiro atoms. The first-order valence-electron chi connectivity index (χ1n) is 11.8. The molecule has 5 heterocycles. The average molecular weight is 623 g/mol. The quantitative estimate of drug-likeness (QED) is 0.0728. The Morgan fingerprint density at radius 2 is 2.12 bits per heavy atom. The van der Waals surface area contributed by atoms with Crippen molar-refractivity contribution < 1.29 is 44.0 Å². The van der Waals surface area contributed by atoms with Crippen LogP contribution in [0.15, 0.2) is 47.0 Å². The maximum atomic E-state index is 13.2. The zero-order chi connectivity index (χ0) is 29.6. The highest BCUT2D eigenvalue weighted by Crippen LogP contribution is 2.40. The molecule has 3 atom stereocenters. The number of nitrogens with zero attached hydrogens (tertiary/aromatic N) is 5. The number of aliphatic carboxylic acids is 2. The van der Waals surface area contributed by atoms with E-state index in [0.717, 1.165) is 21.0 Å². The third kappa shape index (κ3) is 5.14. The maximum Gasteiger partial charge on any atom is 0.352 e. The number of anilines is 1. The number of thiazole rings is 1. The number of carbonyl (C=O) groups excluding carboxylic acids is 2. The predicted molar refractivity (Wildman–Crippen MR) is 145 cm³/mol. The number of rotatable bonds is 9. The van der Waals surface area contributed by atoms with Gasteiger partial charge in [-0.25, -0.2) is 14.6 Å². The smallest absolute Gasteiger partial charge is 0.352 e. The fourth-order valence-corrected chi connectivity index (χ4v) is 6.60. The minimum atomic E-state index is -1.41. The zero-order valence-corrected chi connectivity index (χ0v) is 23.3. The molecule has 5 rings (SSSR count). The van der Waals surface area contributed by atoms with E-state index in [1.54, 1.807) is 29.0 Å². The van der Waals surface area contributed by atoms with Gasteiger partial charge in [-0.15, -0.1) is 11.8 Å². The number of fused-ring (bicyclic) bond motifs is 2. The molecular formula is C23H21ClN7O8S2+. The molecule has 41 heavy (non-hydrogen) atoms. The number of β-lactam (4-membered cyclic amide) rings is 1. The van der Waals surface area contributed by atoms with Crippen molar-refractivity contribution in [1.82, 2.24) is 19.9 Å². The number of hydrogen-bond donors (Lipinski definition) is 5. The molecule has 3 aromatic heterocycles. The Morgan fingerprint density at radius 1 is 1.37 bits per heavy atom. The molecule has 0 saturated carbocycles. The molecule has 0 aromatic carbocycles. The van der Waals surface area contributed by atoms with Crippen LogP contribution in [-0.4, -0.2) is 82.8 Å². The van der Waals surface area contributed by atoms with Crippen LogP contribution >= 0.6 is 34.7 Å². The topological polar surface area (TPSA) is 214 Å². The lowest BCUT2D eigenvalue weighted by Crippen LogP contribution is -2.71. The number of halogens is 1. The third-order valence-electron chi connectivity index (χ3n) is 6.30. The van der Waals surface area contributed by atoms with Crippen molar-refractivity contribution in [3.05, 3.63) is 51.9 Å². The van der Waals surface area contributed by atoms with Crippen LogP contribution < -0.4 is 15.6 Å². The lowest BCUT2D eigenvalue weighted by atomic mass is 10.0. The predicted octanol–water partition coefficient (Wildman–Crippen LogP) is 0.491. The number of carboxylic acid groups (broad SMARTS) is 2. The molecule has 1 saturated heterocycles. The maximum absolute atomic E-state index is 13.2. The van der Waals surface area contributed by atoms with Gasteiger partial charge in [-0.2, -0.15) is 9.30 Å². The molecule has 15 nitrogen and oxygen atoms in total. The molecular weight excluding hydrogens is 602 g/mol. The van der Waals surface area contributed by atoms with Crippen LogP contribution in [0, 0.1) is 0 Å². The van der Waals surface area contributed by atoms with Gasteiger partial charge in [0.25, 0.3) is 11.8 Å². The molecule has 3 aromatic rings. The molecule has 18 heteroatoms. The van der Waals surface area contributed by atoms with Crippen LogP contribution in [0.3, 0.4) is 0 Å². The number of thioether (sulfide) groups is 1. The summed E-state index contributed by atoms with van der Waals surface area (Å²) in [5.74, 6) is -4.03. The Bertz CT molecular complexity index is 1670. The summed E-state index contributed by atoms with van der Waals surface area (Å²) in [4.78, 5) is 59.8. The Hall–Kier alpha value is -4.35. The van der Waals surface area contributed by atoms with Crippen molar-refractivity contribution in [3.8, 4) is 0 Å². The first-order valence-corrected chi connectivity index (χ1v) is 14.0. The minimum absolute atomic E-state index is 0.0124. The fraction of sp³-hybridized carbons (Fsp3) is 0.261. The van der Waals surface area contributed by atoms with Gasteiger partial charge >= 0.3 is 11.9 Å². The van der Waals surface area contributed by atoms with Gasteiger partial charge in [0.05, 0.1) is 6.20 Å². The van der Waals surface area contributed by atoms with Gasteiger partial charge in [-0.3, -0.25) is 14.5 Å². The monoisotopic (exact) mass is 622 g/mol. The first-order chi connectivity index (χ1) is 19.5. The second-order valence-electron chi connectivity index (χ2n) is 8.89. The lowest BCUT2D eigenvalue weighted by molar-refractivity contribution is -0.663. The van der Waals surface area contributed by atoms with Gasteiger partial charge in [0.1, 0.15) is 27.1 Å². The van der Waals surface area contributed by atoms with Gasteiger partial charge in [0.15, 0.2) is 29.1 Å². The largest absolute Gasteiger partial charge is 0.478 e. The molecule has 0 unspecified atom stereocenters. The fourth-order valence-electron chi connectivity index (χ4n) is 4.34. The summed E-state index contributed by atoms with van der Waals surface area (Å²) in [7, 11) is 0. The first kappa shape index (κ1) is 28.2. The van der Waals surface area contributed by atoms with Crippen LogP contribution in [0.4, 0.5) is 5.13 Å². The third-order valence-corrected chi connectivity index (χ3v) is 8.72. The van der Waals surface area contributed by atoms with E-state index in [1.165, 1.54) is 24.9 Å². The minimum Gasteiger partial charge on any atom is -0.478 e. The van der Waals surface area contributed by atoms with E-state index in [4.69, 9.17) is 27.3 Å². The summed E-state index contributed by atoms with van der Waals surface area (Å²) in [5.41, 5.74) is 6.46. The number of nitrogens with one attached hydrogen (secondary N) is 1. The van der Waals surface area contributed by atoms with Crippen LogP contribution in [0.1, 0.15) is 12.6 Å². The molecule has 2 amide bonds. The molecule has 214 valence electrons. The van der Waals surface area contributed by atoms with E-state index >= 15 is 0 Å². The number of oxime groups is 1. The number of carbonyl (C=O) groups is 4. The normalized spacial score (nSPS) is 19.5. The van der Waals surface area contributed by atoms with E-state index in [1.807, 2.05) is 0 Å². The second kappa shape index (κ2) is 10.9. The summed E-state index contributed by atoms with van der Waals surface area (Å²) in [5, 5.41) is 34.5. The Kier molecular flexibility index (Phi) is 7.50. The Balaban J connectivity index is 1.39. The average Bonchev–Trinajstić information content (AvgIpc) is 3.47. The van der Waals surface area contributed by atoms with Gasteiger partial charge in [-0.05, 0) is 13.0 Å². The molecule has 6 N–H and O–H groups in total. The highest BCUT2D eigenvalue weighted by Gasteiger charge is 2.55. The number of amides is 2. The lowest BCUT2D eigenvalue weighted by Gasteiger charge is -2.49. The van der Waals surface area contributed by atoms with Crippen molar-refractivity contribution in [2.45, 2.75) is 31.0 Å². The summed E-state index contributed by atoms with van der Waals surface area (Å²) in [6.45, 7) is 1.34. The summed E-state index contributed by atoms with van der Waals surface area (Å²) >= 11 is 8.24. The molecule has 1 fully saturated rings. The SMILES string of the molecule is C[C@H](ON=C(C(=O)N[C@@H]1C(=O)N2C(C(=O)O)=C(C[n+]3cccc4c3ccn4O)CS[C@H]12)c1nc(N)sc1Cl)C(=O)O. The molecule has 0 radical (unpaired) electrons. The standard InChI is InChI=1S/C23H20ClN7O8S2/c1-9(21(34)35)39-28-14(13-17(24)41-23(25)27-13)18(32)26-15-19(33)31-16(22(36)37)10(8-40-20(15)31)7-29-5-2-3-12-11(29)4-6-30(12)38/h2-6,9,15,20H,7-8H2,1H3,(H5-,25,26,27,32,34,35,36,37,38)/p+1/t9-,15+,20+/m0/s1. The number of carboxylic acids is 2. The number of nitrogen functional groups attached to an aromatic ring is 1. The van der Waals surface area contributed by atoms with E-state index in [2.05, 4.69) is 15.5 Å². The molecule has 2 aliphatic rings. The van der Waals surface area contributed by atoms with Crippen molar-refractivity contribution >= 4 is 80.3 Å². The number of hydrogen-bond acceptors (Lipinski definition) is 11. The van der Waals surface area contributed by atoms with Gasteiger partial charge in [0.2, 0.25) is 11.6 Å². The van der Waals surface area contributed by atoms with Crippen LogP contribution in [0.2, 0.25) is 4.34 Å². The molecule has 2 aliphatic heterocycles. The van der Waals surface area contributed by atoms with Crippen molar-refractivity contribution in [2.75, 3.05) is 11.5 Å². The van der Waals surface area contributed by atoms with Crippen LogP contribution in [0.5, 0.6) is 0 Å². The van der Waals surface area contributed by atoms with E-state index < -0.39 is 47.0 Å².